The smallest absolute Gasteiger partial charge is 0.213 e. The van der Waals surface area contributed by atoms with Gasteiger partial charge in [0.25, 0.3) is 0 Å². The fraction of sp³-hybridized carbons (Fsp3) is 0.143. The molecule has 1 aromatic carbocycles. The third kappa shape index (κ3) is 3.41. The quantitative estimate of drug-likeness (QED) is 0.736. The van der Waals surface area contributed by atoms with Crippen LogP contribution in [0.2, 0.25) is 0 Å². The number of nitrogens with zero attached hydrogens (tertiary/aromatic N) is 1. The van der Waals surface area contributed by atoms with Gasteiger partial charge in [0.2, 0.25) is 5.88 Å². The highest BCUT2D eigenvalue weighted by atomic mass is 16.5. The number of aromatic nitrogens is 1. The second kappa shape index (κ2) is 5.80. The van der Waals surface area contributed by atoms with Gasteiger partial charge in [-0.25, -0.2) is 4.98 Å². The molecular weight excluding hydrogens is 214 g/mol. The molecule has 0 aliphatic carbocycles. The van der Waals surface area contributed by atoms with Gasteiger partial charge < -0.3 is 9.53 Å². The van der Waals surface area contributed by atoms with Crippen molar-refractivity contribution in [2.24, 2.45) is 0 Å². The Hall–Kier alpha value is -2.16. The Morgan fingerprint density at radius 2 is 1.82 bits per heavy atom. The van der Waals surface area contributed by atoms with Crippen molar-refractivity contribution in [2.45, 2.75) is 13.0 Å². The molecule has 0 aliphatic heterocycles. The molecule has 0 bridgehead atoms. The van der Waals surface area contributed by atoms with Gasteiger partial charge in [-0.1, -0.05) is 30.3 Å². The Morgan fingerprint density at radius 1 is 1.06 bits per heavy atom. The normalized spacial score (nSPS) is 9.88. The van der Waals surface area contributed by atoms with Crippen LogP contribution in [0.5, 0.6) is 5.88 Å². The van der Waals surface area contributed by atoms with Crippen molar-refractivity contribution in [2.75, 3.05) is 0 Å². The highest BCUT2D eigenvalue weighted by Gasteiger charge is 1.97. The molecule has 0 unspecified atom stereocenters. The molecule has 0 spiro atoms. The molecule has 0 fully saturated rings. The van der Waals surface area contributed by atoms with Crippen LogP contribution in [0, 0.1) is 0 Å². The summed E-state index contributed by atoms with van der Waals surface area (Å²) in [6, 6.07) is 13.3. The fourth-order valence-corrected chi connectivity index (χ4v) is 1.46. The van der Waals surface area contributed by atoms with Crippen LogP contribution in [-0.2, 0) is 17.8 Å². The Kier molecular flexibility index (Phi) is 3.86. The van der Waals surface area contributed by atoms with Crippen LogP contribution >= 0.6 is 0 Å². The molecule has 0 saturated carbocycles. The zero-order valence-corrected chi connectivity index (χ0v) is 9.37. The molecule has 0 N–H and O–H groups in total. The van der Waals surface area contributed by atoms with Crippen LogP contribution in [0.15, 0.2) is 48.7 Å². The molecule has 0 aliphatic rings. The zero-order chi connectivity index (χ0) is 11.9. The van der Waals surface area contributed by atoms with Crippen molar-refractivity contribution in [3.63, 3.8) is 0 Å². The summed E-state index contributed by atoms with van der Waals surface area (Å²) >= 11 is 0. The summed E-state index contributed by atoms with van der Waals surface area (Å²) in [7, 11) is 0. The number of ether oxygens (including phenoxy) is 1. The van der Waals surface area contributed by atoms with Crippen LogP contribution in [0.4, 0.5) is 0 Å². The number of hydrogen-bond donors (Lipinski definition) is 0. The van der Waals surface area contributed by atoms with E-state index in [0.29, 0.717) is 18.9 Å². The van der Waals surface area contributed by atoms with E-state index in [1.165, 1.54) is 0 Å². The minimum absolute atomic E-state index is 0.460. The molecule has 0 radical (unpaired) electrons. The van der Waals surface area contributed by atoms with Crippen molar-refractivity contribution in [1.29, 1.82) is 0 Å². The molecule has 3 heteroatoms. The maximum atomic E-state index is 10.3. The zero-order valence-electron chi connectivity index (χ0n) is 9.37. The summed E-state index contributed by atoms with van der Waals surface area (Å²) in [6.45, 7) is 0.485. The number of carbonyl (C=O) groups is 1. The lowest BCUT2D eigenvalue weighted by Gasteiger charge is -2.05. The van der Waals surface area contributed by atoms with E-state index < -0.39 is 0 Å². The van der Waals surface area contributed by atoms with E-state index in [1.807, 2.05) is 42.5 Å². The van der Waals surface area contributed by atoms with Gasteiger partial charge in [-0.2, -0.15) is 0 Å². The number of carbonyl (C=O) groups excluding carboxylic acids is 1. The first kappa shape index (κ1) is 11.3. The first-order valence-corrected chi connectivity index (χ1v) is 5.44. The number of aldehydes is 1. The van der Waals surface area contributed by atoms with Gasteiger partial charge in [-0.05, 0) is 17.2 Å². The van der Waals surface area contributed by atoms with Gasteiger partial charge in [0.05, 0.1) is 0 Å². The fourth-order valence-electron chi connectivity index (χ4n) is 1.46. The predicted molar refractivity (Wildman–Crippen MR) is 64.8 cm³/mol. The van der Waals surface area contributed by atoms with Gasteiger partial charge in [0, 0.05) is 18.7 Å². The molecule has 3 nitrogen and oxygen atoms in total. The van der Waals surface area contributed by atoms with E-state index in [4.69, 9.17) is 4.74 Å². The molecule has 86 valence electrons. The van der Waals surface area contributed by atoms with Crippen LogP contribution in [0.25, 0.3) is 0 Å². The SMILES string of the molecule is O=CCc1ccc(COc2ccccn2)cc1. The van der Waals surface area contributed by atoms with Gasteiger partial charge in [-0.3, -0.25) is 0 Å². The van der Waals surface area contributed by atoms with Crippen LogP contribution in [0.1, 0.15) is 11.1 Å². The molecule has 0 atom stereocenters. The first-order valence-electron chi connectivity index (χ1n) is 5.44. The van der Waals surface area contributed by atoms with E-state index in [9.17, 15) is 4.79 Å². The lowest BCUT2D eigenvalue weighted by molar-refractivity contribution is -0.107. The maximum Gasteiger partial charge on any atom is 0.213 e. The maximum absolute atomic E-state index is 10.3. The standard InChI is InChI=1S/C14H13NO2/c16-10-8-12-4-6-13(7-5-12)11-17-14-3-1-2-9-15-14/h1-7,9-10H,8,11H2. The summed E-state index contributed by atoms with van der Waals surface area (Å²) in [5.74, 6) is 0.615. The first-order chi connectivity index (χ1) is 8.38. The third-order valence-electron chi connectivity index (χ3n) is 2.37. The Bertz CT molecular complexity index is 465. The van der Waals surface area contributed by atoms with E-state index in [2.05, 4.69) is 4.98 Å². The van der Waals surface area contributed by atoms with Crippen molar-refractivity contribution in [3.8, 4) is 5.88 Å². The molecule has 17 heavy (non-hydrogen) atoms. The number of hydrogen-bond acceptors (Lipinski definition) is 3. The van der Waals surface area contributed by atoms with Crippen molar-refractivity contribution >= 4 is 6.29 Å². The van der Waals surface area contributed by atoms with Gasteiger partial charge in [0.1, 0.15) is 12.9 Å². The number of benzene rings is 1. The van der Waals surface area contributed by atoms with E-state index in [0.717, 1.165) is 17.4 Å². The average molecular weight is 227 g/mol. The topological polar surface area (TPSA) is 39.2 Å². The molecule has 2 rings (SSSR count). The molecule has 0 amide bonds. The van der Waals surface area contributed by atoms with Gasteiger partial charge in [0.15, 0.2) is 0 Å². The molecule has 1 heterocycles. The minimum Gasteiger partial charge on any atom is -0.473 e. The molecular formula is C14H13NO2. The summed E-state index contributed by atoms with van der Waals surface area (Å²) in [4.78, 5) is 14.4. The monoisotopic (exact) mass is 227 g/mol. The van der Waals surface area contributed by atoms with Crippen LogP contribution < -0.4 is 4.74 Å². The Labute approximate surface area is 100 Å². The van der Waals surface area contributed by atoms with Crippen molar-refractivity contribution < 1.29 is 9.53 Å². The summed E-state index contributed by atoms with van der Waals surface area (Å²) in [5, 5.41) is 0. The largest absolute Gasteiger partial charge is 0.473 e. The molecule has 1 aromatic heterocycles. The highest BCUT2D eigenvalue weighted by molar-refractivity contribution is 5.54. The summed E-state index contributed by atoms with van der Waals surface area (Å²) < 4.78 is 5.51. The lowest BCUT2D eigenvalue weighted by atomic mass is 10.1. The van der Waals surface area contributed by atoms with Crippen molar-refractivity contribution in [3.05, 3.63) is 59.8 Å². The predicted octanol–water partition coefficient (Wildman–Crippen LogP) is 2.40. The second-order valence-corrected chi connectivity index (χ2v) is 3.64. The van der Waals surface area contributed by atoms with E-state index >= 15 is 0 Å². The average Bonchev–Trinajstić information content (AvgIpc) is 2.40. The summed E-state index contributed by atoms with van der Waals surface area (Å²) in [6.07, 6.45) is 3.06. The number of pyridine rings is 1. The Balaban J connectivity index is 1.93. The lowest BCUT2D eigenvalue weighted by Crippen LogP contribution is -1.97. The minimum atomic E-state index is 0.460. The van der Waals surface area contributed by atoms with E-state index in [-0.39, 0.29) is 0 Å². The summed E-state index contributed by atoms with van der Waals surface area (Å²) in [5.41, 5.74) is 2.08. The Morgan fingerprint density at radius 3 is 2.47 bits per heavy atom. The number of rotatable bonds is 5. The van der Waals surface area contributed by atoms with E-state index in [1.54, 1.807) is 6.20 Å². The molecule has 2 aromatic rings. The third-order valence-corrected chi connectivity index (χ3v) is 2.37. The van der Waals surface area contributed by atoms with Gasteiger partial charge >= 0.3 is 0 Å². The highest BCUT2D eigenvalue weighted by Crippen LogP contribution is 2.09. The van der Waals surface area contributed by atoms with Crippen molar-refractivity contribution in [1.82, 2.24) is 4.98 Å². The van der Waals surface area contributed by atoms with Crippen LogP contribution in [0.3, 0.4) is 0 Å². The molecule has 0 saturated heterocycles. The van der Waals surface area contributed by atoms with Gasteiger partial charge in [-0.15, -0.1) is 0 Å². The van der Waals surface area contributed by atoms with Crippen LogP contribution in [-0.4, -0.2) is 11.3 Å². The second-order valence-electron chi connectivity index (χ2n) is 3.64.